The number of hydrogen-bond donors (Lipinski definition) is 1. The molecule has 0 bridgehead atoms. The van der Waals surface area contributed by atoms with Crippen LogP contribution in [-0.2, 0) is 13.2 Å². The maximum Gasteiger partial charge on any atom is 0.217 e. The fourth-order valence-electron chi connectivity index (χ4n) is 2.34. The Bertz CT molecular complexity index is 850. The highest BCUT2D eigenvalue weighted by molar-refractivity contribution is 7.71. The van der Waals surface area contributed by atoms with Crippen molar-refractivity contribution in [1.29, 1.82) is 0 Å². The molecule has 0 aliphatic rings. The van der Waals surface area contributed by atoms with Crippen LogP contribution < -0.4 is 0 Å². The maximum absolute atomic E-state index is 13.8. The number of aromatic nitrogens is 3. The van der Waals surface area contributed by atoms with Crippen LogP contribution in [0.15, 0.2) is 35.7 Å². The summed E-state index contributed by atoms with van der Waals surface area (Å²) in [6.07, 6.45) is 0. The second kappa shape index (κ2) is 7.33. The van der Waals surface area contributed by atoms with Crippen LogP contribution in [0, 0.1) is 16.4 Å². The molecule has 1 N–H and O–H groups in total. The van der Waals surface area contributed by atoms with E-state index in [1.54, 1.807) is 16.0 Å². The first-order valence-electron chi connectivity index (χ1n) is 7.44. The summed E-state index contributed by atoms with van der Waals surface area (Å²) in [4.78, 5) is 7.21. The molecule has 0 radical (unpaired) electrons. The van der Waals surface area contributed by atoms with Crippen molar-refractivity contribution < 1.29 is 8.78 Å². The molecular weight excluding hydrogens is 350 g/mol. The van der Waals surface area contributed by atoms with Crippen molar-refractivity contribution in [1.82, 2.24) is 19.7 Å². The molecule has 0 aliphatic carbocycles. The van der Waals surface area contributed by atoms with Gasteiger partial charge in [-0.05, 0) is 42.3 Å². The summed E-state index contributed by atoms with van der Waals surface area (Å²) in [5.74, 6) is -0.384. The molecule has 2 aromatic heterocycles. The molecule has 24 heavy (non-hydrogen) atoms. The topological polar surface area (TPSA) is 36.9 Å². The molecule has 0 fully saturated rings. The number of nitrogens with zero attached hydrogens (tertiary/aromatic N) is 3. The molecule has 4 nitrogen and oxygen atoms in total. The van der Waals surface area contributed by atoms with E-state index in [0.717, 1.165) is 4.88 Å². The average Bonchev–Trinajstić information content (AvgIpc) is 3.20. The van der Waals surface area contributed by atoms with Gasteiger partial charge in [0.15, 0.2) is 5.82 Å². The summed E-state index contributed by atoms with van der Waals surface area (Å²) in [5.41, 5.74) is 0.0591. The van der Waals surface area contributed by atoms with Gasteiger partial charge in [0, 0.05) is 12.1 Å². The van der Waals surface area contributed by atoms with Crippen LogP contribution in [0.25, 0.3) is 10.7 Å². The van der Waals surface area contributed by atoms with Crippen LogP contribution in [0.1, 0.15) is 12.5 Å². The van der Waals surface area contributed by atoms with Gasteiger partial charge in [-0.15, -0.1) is 11.3 Å². The zero-order chi connectivity index (χ0) is 17.1. The second-order valence-electron chi connectivity index (χ2n) is 5.25. The summed E-state index contributed by atoms with van der Waals surface area (Å²) in [6.45, 7) is 3.08. The number of halogens is 2. The van der Waals surface area contributed by atoms with Gasteiger partial charge >= 0.3 is 0 Å². The fourth-order valence-corrected chi connectivity index (χ4v) is 3.20. The maximum atomic E-state index is 13.8. The molecular formula is C16H16F2N4S2. The Morgan fingerprint density at radius 1 is 1.25 bits per heavy atom. The van der Waals surface area contributed by atoms with E-state index in [-0.39, 0.29) is 12.1 Å². The SMILES string of the molecule is CCN(Cc1c(F)cccc1F)Cn1[nH]c(-c2cccs2)nc1=S. The quantitative estimate of drug-likeness (QED) is 0.656. The van der Waals surface area contributed by atoms with Crippen molar-refractivity contribution in [3.8, 4) is 10.7 Å². The van der Waals surface area contributed by atoms with Gasteiger partial charge < -0.3 is 0 Å². The lowest BCUT2D eigenvalue weighted by atomic mass is 10.2. The van der Waals surface area contributed by atoms with Crippen LogP contribution in [-0.4, -0.2) is 26.2 Å². The zero-order valence-electron chi connectivity index (χ0n) is 13.0. The van der Waals surface area contributed by atoms with Crippen LogP contribution in [0.5, 0.6) is 0 Å². The van der Waals surface area contributed by atoms with E-state index in [1.165, 1.54) is 18.2 Å². The summed E-state index contributed by atoms with van der Waals surface area (Å²) < 4.78 is 29.8. The predicted molar refractivity (Wildman–Crippen MR) is 93.2 cm³/mol. The standard InChI is InChI=1S/C16H16F2N4S2/c1-2-21(9-11-12(17)5-3-6-13(11)18)10-22-16(23)19-15(20-22)14-7-4-8-24-14/h3-8H,2,9-10H2,1H3,(H,19,20,23). The summed E-state index contributed by atoms with van der Waals surface area (Å²) in [5, 5.41) is 5.11. The van der Waals surface area contributed by atoms with E-state index in [0.29, 0.717) is 23.8 Å². The Morgan fingerprint density at radius 3 is 2.62 bits per heavy atom. The van der Waals surface area contributed by atoms with Gasteiger partial charge in [0.05, 0.1) is 11.5 Å². The van der Waals surface area contributed by atoms with E-state index in [2.05, 4.69) is 10.1 Å². The Hall–Kier alpha value is -1.90. The van der Waals surface area contributed by atoms with Crippen molar-refractivity contribution in [3.05, 3.63) is 57.7 Å². The Labute approximate surface area is 147 Å². The molecule has 8 heteroatoms. The lowest BCUT2D eigenvalue weighted by Gasteiger charge is -2.21. The van der Waals surface area contributed by atoms with Crippen LogP contribution in [0.2, 0.25) is 0 Å². The van der Waals surface area contributed by atoms with Crippen LogP contribution in [0.3, 0.4) is 0 Å². The minimum absolute atomic E-state index is 0.0591. The molecule has 0 saturated heterocycles. The van der Waals surface area contributed by atoms with Crippen molar-refractivity contribution in [2.75, 3.05) is 6.54 Å². The number of benzene rings is 1. The highest BCUT2D eigenvalue weighted by Gasteiger charge is 2.14. The first-order valence-corrected chi connectivity index (χ1v) is 8.73. The van der Waals surface area contributed by atoms with Gasteiger partial charge in [-0.25, -0.2) is 13.5 Å². The minimum atomic E-state index is -0.541. The number of hydrogen-bond acceptors (Lipinski definition) is 4. The Morgan fingerprint density at radius 2 is 2.00 bits per heavy atom. The number of H-pyrrole nitrogens is 1. The summed E-state index contributed by atoms with van der Waals surface area (Å²) >= 11 is 6.84. The third-order valence-electron chi connectivity index (χ3n) is 3.67. The van der Waals surface area contributed by atoms with E-state index in [1.807, 2.05) is 29.3 Å². The van der Waals surface area contributed by atoms with E-state index >= 15 is 0 Å². The number of aromatic amines is 1. The zero-order valence-corrected chi connectivity index (χ0v) is 14.6. The first kappa shape index (κ1) is 16.9. The largest absolute Gasteiger partial charge is 0.280 e. The van der Waals surface area contributed by atoms with E-state index in [9.17, 15) is 8.78 Å². The summed E-state index contributed by atoms with van der Waals surface area (Å²) in [6, 6.07) is 7.79. The molecule has 0 aliphatic heterocycles. The van der Waals surface area contributed by atoms with E-state index in [4.69, 9.17) is 12.2 Å². The molecule has 1 aromatic carbocycles. The molecule has 3 rings (SSSR count). The van der Waals surface area contributed by atoms with Crippen molar-refractivity contribution >= 4 is 23.6 Å². The van der Waals surface area contributed by atoms with Crippen molar-refractivity contribution in [3.63, 3.8) is 0 Å². The molecule has 0 spiro atoms. The minimum Gasteiger partial charge on any atom is -0.280 e. The van der Waals surface area contributed by atoms with Crippen molar-refractivity contribution in [2.45, 2.75) is 20.1 Å². The Balaban J connectivity index is 1.80. The molecule has 2 heterocycles. The lowest BCUT2D eigenvalue weighted by Crippen LogP contribution is -2.27. The molecule has 126 valence electrons. The number of thiophene rings is 1. The highest BCUT2D eigenvalue weighted by atomic mass is 32.1. The van der Waals surface area contributed by atoms with Gasteiger partial charge in [-0.3, -0.25) is 10.00 Å². The van der Waals surface area contributed by atoms with Gasteiger partial charge in [0.25, 0.3) is 0 Å². The third-order valence-corrected chi connectivity index (χ3v) is 4.85. The monoisotopic (exact) mass is 366 g/mol. The van der Waals surface area contributed by atoms with Crippen molar-refractivity contribution in [2.24, 2.45) is 0 Å². The smallest absolute Gasteiger partial charge is 0.217 e. The normalized spacial score (nSPS) is 11.3. The van der Waals surface area contributed by atoms with Gasteiger partial charge in [-0.2, -0.15) is 4.98 Å². The highest BCUT2D eigenvalue weighted by Crippen LogP contribution is 2.21. The Kier molecular flexibility index (Phi) is 5.17. The van der Waals surface area contributed by atoms with Gasteiger partial charge in [0.2, 0.25) is 4.77 Å². The predicted octanol–water partition coefficient (Wildman–Crippen LogP) is 4.43. The molecule has 0 atom stereocenters. The van der Waals surface area contributed by atoms with Crippen LogP contribution in [0.4, 0.5) is 8.78 Å². The second-order valence-corrected chi connectivity index (χ2v) is 6.56. The van der Waals surface area contributed by atoms with Gasteiger partial charge in [-0.1, -0.05) is 19.1 Å². The van der Waals surface area contributed by atoms with Gasteiger partial charge in [0.1, 0.15) is 11.6 Å². The van der Waals surface area contributed by atoms with Crippen LogP contribution >= 0.6 is 23.6 Å². The number of nitrogens with one attached hydrogen (secondary N) is 1. The summed E-state index contributed by atoms with van der Waals surface area (Å²) in [7, 11) is 0. The molecule has 3 aromatic rings. The average molecular weight is 366 g/mol. The number of rotatable bonds is 6. The van der Waals surface area contributed by atoms with E-state index < -0.39 is 11.6 Å². The third kappa shape index (κ3) is 3.61. The molecule has 0 unspecified atom stereocenters. The molecule has 0 saturated carbocycles. The first-order chi connectivity index (χ1) is 11.6. The lowest BCUT2D eigenvalue weighted by molar-refractivity contribution is 0.202. The fraction of sp³-hybridized carbons (Fsp3) is 0.250. The molecule has 0 amide bonds.